The molecule has 1 aliphatic heterocycles. The minimum Gasteiger partial charge on any atom is -0.397 e. The molecule has 0 spiro atoms. The molecule has 0 amide bonds. The summed E-state index contributed by atoms with van der Waals surface area (Å²) in [5.74, 6) is 0.686. The lowest BCUT2D eigenvalue weighted by atomic mass is 9.85. The lowest BCUT2D eigenvalue weighted by molar-refractivity contribution is -0.137. The SMILES string of the molecule is Nc1cc(C(F)(F)F)ccc1N1CCC2CCCCC21. The van der Waals surface area contributed by atoms with Gasteiger partial charge in [-0.1, -0.05) is 12.8 Å². The lowest BCUT2D eigenvalue weighted by Gasteiger charge is -2.34. The molecular formula is C15H19F3N2. The van der Waals surface area contributed by atoms with Crippen molar-refractivity contribution < 1.29 is 13.2 Å². The first-order valence-corrected chi connectivity index (χ1v) is 7.20. The van der Waals surface area contributed by atoms with E-state index in [4.69, 9.17) is 5.73 Å². The average molecular weight is 284 g/mol. The van der Waals surface area contributed by atoms with Gasteiger partial charge >= 0.3 is 6.18 Å². The van der Waals surface area contributed by atoms with E-state index >= 15 is 0 Å². The van der Waals surface area contributed by atoms with Crippen LogP contribution in [0.1, 0.15) is 37.7 Å². The number of fused-ring (bicyclic) bond motifs is 1. The molecule has 1 heterocycles. The molecule has 0 aromatic heterocycles. The van der Waals surface area contributed by atoms with E-state index in [1.807, 2.05) is 0 Å². The Bertz CT molecular complexity index is 498. The number of rotatable bonds is 1. The van der Waals surface area contributed by atoms with Crippen molar-refractivity contribution in [2.24, 2.45) is 5.92 Å². The van der Waals surface area contributed by atoms with Crippen LogP contribution in [0, 0.1) is 5.92 Å². The summed E-state index contributed by atoms with van der Waals surface area (Å²) in [6.07, 6.45) is 1.65. The smallest absolute Gasteiger partial charge is 0.397 e. The Labute approximate surface area is 116 Å². The van der Waals surface area contributed by atoms with E-state index < -0.39 is 11.7 Å². The van der Waals surface area contributed by atoms with Crippen molar-refractivity contribution in [2.75, 3.05) is 17.2 Å². The van der Waals surface area contributed by atoms with Crippen LogP contribution in [0.4, 0.5) is 24.5 Å². The standard InChI is InChI=1S/C15H19F3N2/c16-15(17,18)11-5-6-14(12(19)9-11)20-8-7-10-3-1-2-4-13(10)20/h5-6,9-10,13H,1-4,7-8,19H2. The molecule has 1 aromatic carbocycles. The van der Waals surface area contributed by atoms with E-state index in [1.54, 1.807) is 0 Å². The molecule has 20 heavy (non-hydrogen) atoms. The Morgan fingerprint density at radius 3 is 2.55 bits per heavy atom. The molecule has 110 valence electrons. The topological polar surface area (TPSA) is 29.3 Å². The number of nitrogens with two attached hydrogens (primary N) is 1. The highest BCUT2D eigenvalue weighted by Crippen LogP contribution is 2.42. The largest absolute Gasteiger partial charge is 0.416 e. The summed E-state index contributed by atoms with van der Waals surface area (Å²) < 4.78 is 38.0. The molecule has 0 bridgehead atoms. The van der Waals surface area contributed by atoms with E-state index in [0.29, 0.717) is 12.0 Å². The van der Waals surface area contributed by atoms with Gasteiger partial charge in [0.05, 0.1) is 16.9 Å². The molecule has 2 N–H and O–H groups in total. The maximum absolute atomic E-state index is 12.7. The van der Waals surface area contributed by atoms with Gasteiger partial charge in [-0.05, 0) is 43.4 Å². The minimum atomic E-state index is -4.33. The first-order chi connectivity index (χ1) is 9.47. The third-order valence-corrected chi connectivity index (χ3v) is 4.67. The molecular weight excluding hydrogens is 265 g/mol. The summed E-state index contributed by atoms with van der Waals surface area (Å²) in [7, 11) is 0. The van der Waals surface area contributed by atoms with E-state index in [2.05, 4.69) is 4.90 Å². The van der Waals surface area contributed by atoms with Crippen LogP contribution in [0.2, 0.25) is 0 Å². The van der Waals surface area contributed by atoms with Crippen molar-refractivity contribution in [3.05, 3.63) is 23.8 Å². The summed E-state index contributed by atoms with van der Waals surface area (Å²) in [5.41, 5.74) is 6.22. The highest BCUT2D eigenvalue weighted by atomic mass is 19.4. The van der Waals surface area contributed by atoms with Gasteiger partial charge < -0.3 is 10.6 Å². The number of nitrogen functional groups attached to an aromatic ring is 1. The first kappa shape index (κ1) is 13.6. The number of hydrogen-bond donors (Lipinski definition) is 1. The summed E-state index contributed by atoms with van der Waals surface area (Å²) in [6, 6.07) is 4.20. The zero-order valence-corrected chi connectivity index (χ0v) is 11.3. The molecule has 0 radical (unpaired) electrons. The molecule has 2 nitrogen and oxygen atoms in total. The van der Waals surface area contributed by atoms with Gasteiger partial charge in [-0.2, -0.15) is 13.2 Å². The normalized spacial score (nSPS) is 26.6. The van der Waals surface area contributed by atoms with Gasteiger partial charge in [-0.25, -0.2) is 0 Å². The fourth-order valence-electron chi connectivity index (χ4n) is 3.70. The third kappa shape index (κ3) is 2.34. The van der Waals surface area contributed by atoms with Crippen LogP contribution in [-0.4, -0.2) is 12.6 Å². The summed E-state index contributed by atoms with van der Waals surface area (Å²) in [6.45, 7) is 0.908. The van der Waals surface area contributed by atoms with Crippen LogP contribution < -0.4 is 10.6 Å². The minimum absolute atomic E-state index is 0.242. The predicted molar refractivity (Wildman–Crippen MR) is 73.6 cm³/mol. The highest BCUT2D eigenvalue weighted by molar-refractivity contribution is 5.69. The van der Waals surface area contributed by atoms with Crippen LogP contribution in [0.3, 0.4) is 0 Å². The monoisotopic (exact) mass is 284 g/mol. The Morgan fingerprint density at radius 1 is 1.10 bits per heavy atom. The van der Waals surface area contributed by atoms with Crippen LogP contribution in [-0.2, 0) is 6.18 Å². The molecule has 2 aliphatic rings. The number of nitrogens with zero attached hydrogens (tertiary/aromatic N) is 1. The van der Waals surface area contributed by atoms with Gasteiger partial charge in [0.25, 0.3) is 0 Å². The molecule has 5 heteroatoms. The molecule has 1 aromatic rings. The van der Waals surface area contributed by atoms with Gasteiger partial charge in [0.15, 0.2) is 0 Å². The lowest BCUT2D eigenvalue weighted by Crippen LogP contribution is -2.35. The van der Waals surface area contributed by atoms with Crippen molar-refractivity contribution >= 4 is 11.4 Å². The number of halogens is 3. The number of hydrogen-bond acceptors (Lipinski definition) is 2. The van der Waals surface area contributed by atoms with Crippen LogP contribution in [0.15, 0.2) is 18.2 Å². The van der Waals surface area contributed by atoms with E-state index in [9.17, 15) is 13.2 Å². The number of anilines is 2. The van der Waals surface area contributed by atoms with Gasteiger partial charge in [-0.15, -0.1) is 0 Å². The maximum atomic E-state index is 12.7. The summed E-state index contributed by atoms with van der Waals surface area (Å²) >= 11 is 0. The zero-order valence-electron chi connectivity index (χ0n) is 11.3. The maximum Gasteiger partial charge on any atom is 0.416 e. The second-order valence-corrected chi connectivity index (χ2v) is 5.87. The van der Waals surface area contributed by atoms with E-state index in [1.165, 1.54) is 25.3 Å². The van der Waals surface area contributed by atoms with Crippen molar-refractivity contribution in [2.45, 2.75) is 44.3 Å². The summed E-state index contributed by atoms with van der Waals surface area (Å²) in [5, 5.41) is 0. The predicted octanol–water partition coefficient (Wildman–Crippen LogP) is 4.06. The van der Waals surface area contributed by atoms with Crippen molar-refractivity contribution in [3.8, 4) is 0 Å². The Hall–Kier alpha value is -1.39. The molecule has 1 aliphatic carbocycles. The van der Waals surface area contributed by atoms with Crippen molar-refractivity contribution in [1.29, 1.82) is 0 Å². The Balaban J connectivity index is 1.87. The Kier molecular flexibility index (Phi) is 3.30. The molecule has 2 atom stereocenters. The zero-order chi connectivity index (χ0) is 14.3. The number of alkyl halides is 3. The number of benzene rings is 1. The van der Waals surface area contributed by atoms with Gasteiger partial charge in [0.2, 0.25) is 0 Å². The van der Waals surface area contributed by atoms with Crippen molar-refractivity contribution in [3.63, 3.8) is 0 Å². The third-order valence-electron chi connectivity index (χ3n) is 4.67. The first-order valence-electron chi connectivity index (χ1n) is 7.20. The van der Waals surface area contributed by atoms with Crippen LogP contribution in [0.5, 0.6) is 0 Å². The van der Waals surface area contributed by atoms with Crippen LogP contribution in [0.25, 0.3) is 0 Å². The van der Waals surface area contributed by atoms with Gasteiger partial charge in [-0.3, -0.25) is 0 Å². The second-order valence-electron chi connectivity index (χ2n) is 5.87. The van der Waals surface area contributed by atoms with Gasteiger partial charge in [0.1, 0.15) is 0 Å². The highest BCUT2D eigenvalue weighted by Gasteiger charge is 2.37. The Morgan fingerprint density at radius 2 is 1.85 bits per heavy atom. The van der Waals surface area contributed by atoms with Crippen LogP contribution >= 0.6 is 0 Å². The molecule has 3 rings (SSSR count). The molecule has 1 saturated heterocycles. The molecule has 1 saturated carbocycles. The average Bonchev–Trinajstić information content (AvgIpc) is 2.81. The second kappa shape index (κ2) is 4.86. The molecule has 2 unspecified atom stereocenters. The quantitative estimate of drug-likeness (QED) is 0.788. The fraction of sp³-hybridized carbons (Fsp3) is 0.600. The van der Waals surface area contributed by atoms with E-state index in [-0.39, 0.29) is 5.69 Å². The summed E-state index contributed by atoms with van der Waals surface area (Å²) in [4.78, 5) is 2.22. The molecule has 2 fully saturated rings. The fourth-order valence-corrected chi connectivity index (χ4v) is 3.70. The van der Waals surface area contributed by atoms with Gasteiger partial charge in [0, 0.05) is 12.6 Å². The van der Waals surface area contributed by atoms with Crippen molar-refractivity contribution in [1.82, 2.24) is 0 Å². The van der Waals surface area contributed by atoms with E-state index in [0.717, 1.165) is 37.2 Å².